The van der Waals surface area contributed by atoms with Gasteiger partial charge in [-0.15, -0.1) is 0 Å². The predicted octanol–water partition coefficient (Wildman–Crippen LogP) is 1.22. The van der Waals surface area contributed by atoms with Gasteiger partial charge in [-0.25, -0.2) is 4.68 Å². The number of nitro groups is 1. The Morgan fingerprint density at radius 3 is 2.89 bits per heavy atom. The van der Waals surface area contributed by atoms with Crippen LogP contribution in [0.3, 0.4) is 0 Å². The lowest BCUT2D eigenvalue weighted by Gasteiger charge is -2.29. The normalized spacial score (nSPS) is 18.8. The van der Waals surface area contributed by atoms with Gasteiger partial charge in [-0.3, -0.25) is 10.1 Å². The van der Waals surface area contributed by atoms with Gasteiger partial charge in [0.25, 0.3) is 0 Å². The van der Waals surface area contributed by atoms with E-state index in [-0.39, 0.29) is 10.6 Å². The fraction of sp³-hybridized carbons (Fsp3) is 0.750. The van der Waals surface area contributed by atoms with Crippen LogP contribution in [0.25, 0.3) is 0 Å². The van der Waals surface area contributed by atoms with Crippen LogP contribution in [0.1, 0.15) is 25.5 Å². The highest BCUT2D eigenvalue weighted by molar-refractivity contribution is 5.62. The molecule has 19 heavy (non-hydrogen) atoms. The summed E-state index contributed by atoms with van der Waals surface area (Å²) in [7, 11) is 1.78. The van der Waals surface area contributed by atoms with Crippen LogP contribution >= 0.6 is 0 Å². The quantitative estimate of drug-likeness (QED) is 0.641. The lowest BCUT2D eigenvalue weighted by molar-refractivity contribution is -0.384. The molecule has 1 N–H and O–H groups in total. The van der Waals surface area contributed by atoms with E-state index in [4.69, 9.17) is 0 Å². The second-order valence-electron chi connectivity index (χ2n) is 4.98. The molecule has 0 aliphatic carbocycles. The van der Waals surface area contributed by atoms with Crippen molar-refractivity contribution >= 4 is 11.5 Å². The second kappa shape index (κ2) is 5.56. The first kappa shape index (κ1) is 13.8. The molecule has 1 aromatic rings. The lowest BCUT2D eigenvalue weighted by atomic mass is 10.2. The summed E-state index contributed by atoms with van der Waals surface area (Å²) < 4.78 is 1.64. The Bertz CT molecular complexity index is 465. The maximum absolute atomic E-state index is 11.3. The van der Waals surface area contributed by atoms with E-state index in [0.29, 0.717) is 17.6 Å². The first-order chi connectivity index (χ1) is 9.06. The SMILES string of the molecule is CCCN(c1c([N+](=O)[O-])c(C)nn1C)C1CCNC1. The molecule has 1 aromatic heterocycles. The number of anilines is 1. The Hall–Kier alpha value is -1.63. The number of nitrogens with one attached hydrogen (secondary N) is 1. The summed E-state index contributed by atoms with van der Waals surface area (Å²) in [4.78, 5) is 13.1. The highest BCUT2D eigenvalue weighted by Gasteiger charge is 2.32. The Labute approximate surface area is 112 Å². The summed E-state index contributed by atoms with van der Waals surface area (Å²) in [5.74, 6) is 0.637. The molecule has 1 aliphatic rings. The molecule has 0 saturated carbocycles. The van der Waals surface area contributed by atoms with Crippen molar-refractivity contribution in [3.8, 4) is 0 Å². The van der Waals surface area contributed by atoms with Crippen molar-refractivity contribution in [2.75, 3.05) is 24.5 Å². The maximum atomic E-state index is 11.3. The average Bonchev–Trinajstić information content (AvgIpc) is 2.94. The molecule has 1 unspecified atom stereocenters. The van der Waals surface area contributed by atoms with Crippen LogP contribution in [-0.2, 0) is 7.05 Å². The van der Waals surface area contributed by atoms with Gasteiger partial charge in [-0.05, 0) is 26.3 Å². The maximum Gasteiger partial charge on any atom is 0.333 e. The molecule has 1 fully saturated rings. The minimum Gasteiger partial charge on any atom is -0.347 e. The molecule has 7 nitrogen and oxygen atoms in total. The van der Waals surface area contributed by atoms with Crippen LogP contribution in [0.4, 0.5) is 11.5 Å². The van der Waals surface area contributed by atoms with E-state index in [1.807, 2.05) is 0 Å². The number of aryl methyl sites for hydroxylation is 2. The summed E-state index contributed by atoms with van der Waals surface area (Å²) in [5, 5.41) is 18.8. The summed E-state index contributed by atoms with van der Waals surface area (Å²) >= 11 is 0. The van der Waals surface area contributed by atoms with Crippen molar-refractivity contribution in [2.45, 2.75) is 32.7 Å². The molecule has 0 radical (unpaired) electrons. The monoisotopic (exact) mass is 267 g/mol. The first-order valence-corrected chi connectivity index (χ1v) is 6.71. The van der Waals surface area contributed by atoms with Crippen LogP contribution in [0.2, 0.25) is 0 Å². The molecule has 2 rings (SSSR count). The van der Waals surface area contributed by atoms with Crippen molar-refractivity contribution in [1.82, 2.24) is 15.1 Å². The summed E-state index contributed by atoms with van der Waals surface area (Å²) in [6, 6.07) is 0.313. The Kier molecular flexibility index (Phi) is 4.04. The van der Waals surface area contributed by atoms with Gasteiger partial charge in [-0.2, -0.15) is 5.10 Å². The highest BCUT2D eigenvalue weighted by Crippen LogP contribution is 2.33. The summed E-state index contributed by atoms with van der Waals surface area (Å²) in [6.07, 6.45) is 1.97. The zero-order valence-corrected chi connectivity index (χ0v) is 11.7. The molecule has 7 heteroatoms. The fourth-order valence-electron chi connectivity index (χ4n) is 2.78. The van der Waals surface area contributed by atoms with Crippen molar-refractivity contribution < 1.29 is 4.92 Å². The zero-order valence-electron chi connectivity index (χ0n) is 11.7. The third-order valence-electron chi connectivity index (χ3n) is 3.56. The topological polar surface area (TPSA) is 76.2 Å². The van der Waals surface area contributed by atoms with Crippen LogP contribution < -0.4 is 10.2 Å². The molecule has 0 aromatic carbocycles. The van der Waals surface area contributed by atoms with Gasteiger partial charge in [0.1, 0.15) is 5.69 Å². The van der Waals surface area contributed by atoms with E-state index in [1.54, 1.807) is 18.7 Å². The summed E-state index contributed by atoms with van der Waals surface area (Å²) in [6.45, 7) is 6.44. The van der Waals surface area contributed by atoms with E-state index < -0.39 is 0 Å². The van der Waals surface area contributed by atoms with Gasteiger partial charge in [0.2, 0.25) is 5.82 Å². The van der Waals surface area contributed by atoms with Gasteiger partial charge >= 0.3 is 5.69 Å². The Morgan fingerprint density at radius 2 is 2.37 bits per heavy atom. The molecular formula is C12H21N5O2. The zero-order chi connectivity index (χ0) is 14.0. The Morgan fingerprint density at radius 1 is 1.63 bits per heavy atom. The third kappa shape index (κ3) is 2.56. The van der Waals surface area contributed by atoms with Gasteiger partial charge in [0, 0.05) is 26.2 Å². The van der Waals surface area contributed by atoms with Crippen molar-refractivity contribution in [2.24, 2.45) is 7.05 Å². The minimum absolute atomic E-state index is 0.142. The van der Waals surface area contributed by atoms with Gasteiger partial charge < -0.3 is 10.2 Å². The van der Waals surface area contributed by atoms with Gasteiger partial charge in [-0.1, -0.05) is 6.92 Å². The lowest BCUT2D eigenvalue weighted by Crippen LogP contribution is -2.39. The van der Waals surface area contributed by atoms with Gasteiger partial charge in [0.15, 0.2) is 0 Å². The number of nitrogens with zero attached hydrogens (tertiary/aromatic N) is 4. The third-order valence-corrected chi connectivity index (χ3v) is 3.56. The molecule has 1 saturated heterocycles. The largest absolute Gasteiger partial charge is 0.347 e. The van der Waals surface area contributed by atoms with Crippen LogP contribution in [0.15, 0.2) is 0 Å². The van der Waals surface area contributed by atoms with Crippen molar-refractivity contribution in [3.63, 3.8) is 0 Å². The summed E-state index contributed by atoms with van der Waals surface area (Å²) in [5.41, 5.74) is 0.623. The van der Waals surface area contributed by atoms with E-state index in [0.717, 1.165) is 32.5 Å². The van der Waals surface area contributed by atoms with Gasteiger partial charge in [0.05, 0.1) is 4.92 Å². The molecule has 0 bridgehead atoms. The second-order valence-corrected chi connectivity index (χ2v) is 4.98. The first-order valence-electron chi connectivity index (χ1n) is 6.71. The highest BCUT2D eigenvalue weighted by atomic mass is 16.6. The molecular weight excluding hydrogens is 246 g/mol. The van der Waals surface area contributed by atoms with Crippen LogP contribution in [0, 0.1) is 17.0 Å². The molecule has 2 heterocycles. The molecule has 1 aliphatic heterocycles. The van der Waals surface area contributed by atoms with Crippen LogP contribution in [0.5, 0.6) is 0 Å². The smallest absolute Gasteiger partial charge is 0.333 e. The van der Waals surface area contributed by atoms with E-state index >= 15 is 0 Å². The van der Waals surface area contributed by atoms with Crippen molar-refractivity contribution in [1.29, 1.82) is 0 Å². The number of aromatic nitrogens is 2. The predicted molar refractivity (Wildman–Crippen MR) is 73.5 cm³/mol. The average molecular weight is 267 g/mol. The Balaban J connectivity index is 2.43. The molecule has 0 spiro atoms. The van der Waals surface area contributed by atoms with Crippen LogP contribution in [-0.4, -0.2) is 40.4 Å². The van der Waals surface area contributed by atoms with E-state index in [1.165, 1.54) is 0 Å². The van der Waals surface area contributed by atoms with E-state index in [2.05, 4.69) is 22.2 Å². The van der Waals surface area contributed by atoms with Crippen molar-refractivity contribution in [3.05, 3.63) is 15.8 Å². The number of hydrogen-bond acceptors (Lipinski definition) is 5. The standard InChI is InChI=1S/C12H21N5O2/c1-4-7-16(10-5-6-13-8-10)12-11(17(18)19)9(2)14-15(12)3/h10,13H,4-8H2,1-3H3. The van der Waals surface area contributed by atoms with E-state index in [9.17, 15) is 10.1 Å². The molecule has 106 valence electrons. The number of hydrogen-bond donors (Lipinski definition) is 1. The minimum atomic E-state index is -0.317. The fourth-order valence-corrected chi connectivity index (χ4v) is 2.78. The number of rotatable bonds is 5. The molecule has 1 atom stereocenters. The molecule has 0 amide bonds.